The van der Waals surface area contributed by atoms with E-state index in [1.807, 2.05) is 13.0 Å². The number of nitrogens with zero attached hydrogens (tertiary/aromatic N) is 3. The van der Waals surface area contributed by atoms with E-state index in [0.29, 0.717) is 33.6 Å². The van der Waals surface area contributed by atoms with Crippen LogP contribution < -0.4 is 15.5 Å². The molecule has 0 aliphatic heterocycles. The Morgan fingerprint density at radius 1 is 1.20 bits per heavy atom. The van der Waals surface area contributed by atoms with Gasteiger partial charge in [-0.3, -0.25) is 14.9 Å². The number of aromatic nitrogens is 2. The van der Waals surface area contributed by atoms with Gasteiger partial charge in [-0.15, -0.1) is 10.2 Å². The van der Waals surface area contributed by atoms with Gasteiger partial charge in [-0.05, 0) is 42.8 Å². The van der Waals surface area contributed by atoms with Crippen LogP contribution in [0.3, 0.4) is 0 Å². The van der Waals surface area contributed by atoms with Gasteiger partial charge in [0, 0.05) is 5.56 Å². The number of nitrogens with one attached hydrogen (secondary N) is 2. The Morgan fingerprint density at radius 3 is 2.73 bits per heavy atom. The fourth-order valence-corrected chi connectivity index (χ4v) is 3.12. The number of carbonyl (C=O) groups excluding carboxylic acids is 2. The third-order valence-electron chi connectivity index (χ3n) is 3.72. The lowest BCUT2D eigenvalue weighted by atomic mass is 10.2. The largest absolute Gasteiger partial charge is 0.504 e. The van der Waals surface area contributed by atoms with Gasteiger partial charge < -0.3 is 9.84 Å². The minimum absolute atomic E-state index is 0.00827. The van der Waals surface area contributed by atoms with Gasteiger partial charge in [-0.25, -0.2) is 5.43 Å². The summed E-state index contributed by atoms with van der Waals surface area (Å²) in [6.45, 7) is 2.27. The fourth-order valence-electron chi connectivity index (χ4n) is 2.38. The molecule has 3 aromatic rings. The number of phenols is 1. The van der Waals surface area contributed by atoms with Gasteiger partial charge >= 0.3 is 0 Å². The van der Waals surface area contributed by atoms with E-state index in [0.717, 1.165) is 11.3 Å². The Bertz CT molecular complexity index is 1050. The molecule has 0 radical (unpaired) electrons. The molecule has 1 heterocycles. The first-order chi connectivity index (χ1) is 14.5. The molecule has 1 aromatic heterocycles. The Hall–Kier alpha value is -3.79. The van der Waals surface area contributed by atoms with Crippen LogP contribution in [0.1, 0.15) is 27.9 Å². The summed E-state index contributed by atoms with van der Waals surface area (Å²) in [5.74, 6) is -0.319. The molecule has 0 spiro atoms. The van der Waals surface area contributed by atoms with Crippen molar-refractivity contribution in [3.63, 3.8) is 0 Å². The summed E-state index contributed by atoms with van der Waals surface area (Å²) < 4.78 is 5.25. The quantitative estimate of drug-likeness (QED) is 0.376. The van der Waals surface area contributed by atoms with Crippen LogP contribution in [0.25, 0.3) is 0 Å². The van der Waals surface area contributed by atoms with E-state index in [2.05, 4.69) is 26.0 Å². The molecule has 0 fully saturated rings. The average Bonchev–Trinajstić information content (AvgIpc) is 3.17. The van der Waals surface area contributed by atoms with Crippen molar-refractivity contribution in [3.8, 4) is 11.5 Å². The molecule has 0 saturated carbocycles. The summed E-state index contributed by atoms with van der Waals surface area (Å²) in [5, 5.41) is 24.9. The molecule has 0 atom stereocenters. The first kappa shape index (κ1) is 20.9. The second-order valence-corrected chi connectivity index (χ2v) is 7.01. The maximum atomic E-state index is 12.1. The minimum Gasteiger partial charge on any atom is -0.504 e. The van der Waals surface area contributed by atoms with Crippen LogP contribution in [0.4, 0.5) is 5.13 Å². The van der Waals surface area contributed by atoms with Gasteiger partial charge in [-0.2, -0.15) is 5.10 Å². The first-order valence-corrected chi connectivity index (χ1v) is 9.83. The number of hydrazone groups is 1. The van der Waals surface area contributed by atoms with Gasteiger partial charge in [0.1, 0.15) is 5.01 Å². The second-order valence-electron chi connectivity index (χ2n) is 5.95. The summed E-state index contributed by atoms with van der Waals surface area (Å²) in [5.41, 5.74) is 3.48. The summed E-state index contributed by atoms with van der Waals surface area (Å²) >= 11 is 1.11. The van der Waals surface area contributed by atoms with Crippen molar-refractivity contribution < 1.29 is 19.4 Å². The van der Waals surface area contributed by atoms with Gasteiger partial charge in [-0.1, -0.05) is 29.5 Å². The molecule has 30 heavy (non-hydrogen) atoms. The maximum Gasteiger partial charge on any atom is 0.257 e. The minimum atomic E-state index is -0.390. The SMILES string of the molecule is CCOc1ccc(/C=N/NC(=O)Cc2nnc(NC(=O)c3ccccc3)s2)cc1O. The monoisotopic (exact) mass is 425 g/mol. The highest BCUT2D eigenvalue weighted by Crippen LogP contribution is 2.26. The molecule has 0 saturated heterocycles. The van der Waals surface area contributed by atoms with Gasteiger partial charge in [0.15, 0.2) is 11.5 Å². The van der Waals surface area contributed by atoms with E-state index >= 15 is 0 Å². The second kappa shape index (κ2) is 10.1. The third-order valence-corrected chi connectivity index (χ3v) is 4.56. The molecule has 9 nitrogen and oxygen atoms in total. The molecule has 2 aromatic carbocycles. The Labute approximate surface area is 176 Å². The molecule has 3 rings (SSSR count). The van der Waals surface area contributed by atoms with Crippen LogP contribution in [0.15, 0.2) is 53.6 Å². The number of phenolic OH excluding ortho intramolecular Hbond substituents is 1. The lowest BCUT2D eigenvalue weighted by molar-refractivity contribution is -0.120. The number of ether oxygens (including phenoxy) is 1. The number of carbonyl (C=O) groups is 2. The van der Waals surface area contributed by atoms with E-state index in [9.17, 15) is 14.7 Å². The Morgan fingerprint density at radius 2 is 2.00 bits per heavy atom. The third kappa shape index (κ3) is 5.85. The maximum absolute atomic E-state index is 12.1. The molecule has 0 unspecified atom stereocenters. The number of rotatable bonds is 8. The Balaban J connectivity index is 1.50. The van der Waals surface area contributed by atoms with Crippen LogP contribution in [0.2, 0.25) is 0 Å². The lowest BCUT2D eigenvalue weighted by Crippen LogP contribution is -2.19. The zero-order chi connectivity index (χ0) is 21.3. The van der Waals surface area contributed by atoms with Crippen molar-refractivity contribution in [1.29, 1.82) is 0 Å². The highest BCUT2D eigenvalue weighted by atomic mass is 32.1. The predicted molar refractivity (Wildman–Crippen MR) is 113 cm³/mol. The van der Waals surface area contributed by atoms with E-state index < -0.39 is 5.91 Å². The van der Waals surface area contributed by atoms with Crippen LogP contribution >= 0.6 is 11.3 Å². The number of aromatic hydroxyl groups is 1. The smallest absolute Gasteiger partial charge is 0.257 e. The molecular weight excluding hydrogens is 406 g/mol. The van der Waals surface area contributed by atoms with Crippen molar-refractivity contribution in [3.05, 3.63) is 64.7 Å². The molecule has 154 valence electrons. The summed E-state index contributed by atoms with van der Waals surface area (Å²) in [7, 11) is 0. The molecule has 0 aliphatic rings. The predicted octanol–water partition coefficient (Wildman–Crippen LogP) is 2.59. The van der Waals surface area contributed by atoms with Crippen LogP contribution in [-0.2, 0) is 11.2 Å². The lowest BCUT2D eigenvalue weighted by Gasteiger charge is -2.05. The van der Waals surface area contributed by atoms with Gasteiger partial charge in [0.25, 0.3) is 5.91 Å². The highest BCUT2D eigenvalue weighted by molar-refractivity contribution is 7.15. The normalized spacial score (nSPS) is 10.7. The van der Waals surface area contributed by atoms with Crippen molar-refractivity contribution in [2.24, 2.45) is 5.10 Å². The van der Waals surface area contributed by atoms with Gasteiger partial charge in [0.05, 0.1) is 19.2 Å². The van der Waals surface area contributed by atoms with Crippen LogP contribution in [0, 0.1) is 0 Å². The molecule has 10 heteroatoms. The van der Waals surface area contributed by atoms with Crippen molar-refractivity contribution >= 4 is 34.5 Å². The summed E-state index contributed by atoms with van der Waals surface area (Å²) in [4.78, 5) is 24.1. The molecule has 0 aliphatic carbocycles. The summed E-state index contributed by atoms with van der Waals surface area (Å²) in [6, 6.07) is 13.5. The molecular formula is C20H19N5O4S. The number of amides is 2. The van der Waals surface area contributed by atoms with Crippen LogP contribution in [0.5, 0.6) is 11.5 Å². The van der Waals surface area contributed by atoms with Crippen molar-refractivity contribution in [2.45, 2.75) is 13.3 Å². The molecule has 2 amide bonds. The van der Waals surface area contributed by atoms with E-state index in [4.69, 9.17) is 4.74 Å². The van der Waals surface area contributed by atoms with E-state index in [1.165, 1.54) is 12.3 Å². The molecule has 0 bridgehead atoms. The molecule has 3 N–H and O–H groups in total. The van der Waals surface area contributed by atoms with E-state index in [-0.39, 0.29) is 18.1 Å². The van der Waals surface area contributed by atoms with Gasteiger partial charge in [0.2, 0.25) is 11.0 Å². The number of anilines is 1. The zero-order valence-electron chi connectivity index (χ0n) is 16.0. The number of hydrogen-bond acceptors (Lipinski definition) is 8. The summed E-state index contributed by atoms with van der Waals surface area (Å²) in [6.07, 6.45) is 1.36. The van der Waals surface area contributed by atoms with Crippen LogP contribution in [-0.4, -0.2) is 39.9 Å². The fraction of sp³-hybridized carbons (Fsp3) is 0.150. The topological polar surface area (TPSA) is 126 Å². The Kier molecular flexibility index (Phi) is 7.06. The standard InChI is InChI=1S/C20H19N5O4S/c1-2-29-16-9-8-13(10-15(16)26)12-21-23-17(27)11-18-24-25-20(30-18)22-19(28)14-6-4-3-5-7-14/h3-10,12,26H,2,11H2,1H3,(H,23,27)(H,22,25,28)/b21-12+. The highest BCUT2D eigenvalue weighted by Gasteiger charge is 2.12. The average molecular weight is 425 g/mol. The van der Waals surface area contributed by atoms with Crippen molar-refractivity contribution in [2.75, 3.05) is 11.9 Å². The number of benzene rings is 2. The first-order valence-electron chi connectivity index (χ1n) is 9.01. The van der Waals surface area contributed by atoms with Crippen molar-refractivity contribution in [1.82, 2.24) is 15.6 Å². The number of hydrogen-bond donors (Lipinski definition) is 3. The zero-order valence-corrected chi connectivity index (χ0v) is 16.8. The van der Waals surface area contributed by atoms with E-state index in [1.54, 1.807) is 36.4 Å².